The first-order valence-electron chi connectivity index (χ1n) is 7.18. The number of aromatic nitrogens is 2. The SMILES string of the molecule is CC1CN(Cc2noc(-c3ccccc3Cl)n2)C(C)CN1. The van der Waals surface area contributed by atoms with E-state index in [-0.39, 0.29) is 0 Å². The molecule has 0 bridgehead atoms. The fourth-order valence-corrected chi connectivity index (χ4v) is 2.78. The lowest BCUT2D eigenvalue weighted by molar-refractivity contribution is 0.134. The van der Waals surface area contributed by atoms with Crippen LogP contribution >= 0.6 is 11.6 Å². The van der Waals surface area contributed by atoms with E-state index in [1.165, 1.54) is 0 Å². The monoisotopic (exact) mass is 306 g/mol. The zero-order valence-corrected chi connectivity index (χ0v) is 13.0. The summed E-state index contributed by atoms with van der Waals surface area (Å²) in [7, 11) is 0. The van der Waals surface area contributed by atoms with Gasteiger partial charge in [0, 0.05) is 25.2 Å². The van der Waals surface area contributed by atoms with Gasteiger partial charge in [-0.3, -0.25) is 4.90 Å². The molecule has 0 saturated carbocycles. The van der Waals surface area contributed by atoms with Gasteiger partial charge in [-0.05, 0) is 26.0 Å². The van der Waals surface area contributed by atoms with Crippen LogP contribution in [-0.4, -0.2) is 40.2 Å². The van der Waals surface area contributed by atoms with Crippen molar-refractivity contribution in [3.63, 3.8) is 0 Å². The highest BCUT2D eigenvalue weighted by Crippen LogP contribution is 2.26. The van der Waals surface area contributed by atoms with Crippen molar-refractivity contribution in [3.05, 3.63) is 35.1 Å². The zero-order valence-electron chi connectivity index (χ0n) is 12.2. The molecule has 3 rings (SSSR count). The van der Waals surface area contributed by atoms with E-state index in [1.54, 1.807) is 0 Å². The molecule has 1 aliphatic heterocycles. The lowest BCUT2D eigenvalue weighted by Crippen LogP contribution is -2.53. The molecule has 1 aliphatic rings. The Kier molecular flexibility index (Phi) is 4.24. The van der Waals surface area contributed by atoms with Gasteiger partial charge in [-0.25, -0.2) is 0 Å². The first-order chi connectivity index (χ1) is 10.1. The predicted molar refractivity (Wildman–Crippen MR) is 82.1 cm³/mol. The number of nitrogens with zero attached hydrogens (tertiary/aromatic N) is 3. The van der Waals surface area contributed by atoms with Crippen molar-refractivity contribution in [2.45, 2.75) is 32.5 Å². The molecule has 0 amide bonds. The zero-order chi connectivity index (χ0) is 14.8. The van der Waals surface area contributed by atoms with Crippen LogP contribution < -0.4 is 5.32 Å². The minimum atomic E-state index is 0.462. The highest BCUT2D eigenvalue weighted by Gasteiger charge is 2.24. The molecule has 1 fully saturated rings. The molecule has 1 saturated heterocycles. The van der Waals surface area contributed by atoms with E-state index in [0.29, 0.717) is 35.4 Å². The number of hydrogen-bond donors (Lipinski definition) is 1. The average Bonchev–Trinajstić information content (AvgIpc) is 2.92. The Morgan fingerprint density at radius 2 is 2.19 bits per heavy atom. The Hall–Kier alpha value is -1.43. The molecule has 0 aliphatic carbocycles. The minimum Gasteiger partial charge on any atom is -0.334 e. The number of benzene rings is 1. The maximum absolute atomic E-state index is 6.16. The van der Waals surface area contributed by atoms with Crippen LogP contribution in [-0.2, 0) is 6.54 Å². The van der Waals surface area contributed by atoms with Gasteiger partial charge in [0.15, 0.2) is 5.82 Å². The third-order valence-corrected chi connectivity index (χ3v) is 4.14. The lowest BCUT2D eigenvalue weighted by atomic mass is 10.1. The number of hydrogen-bond acceptors (Lipinski definition) is 5. The summed E-state index contributed by atoms with van der Waals surface area (Å²) in [6.45, 7) is 7.05. The molecule has 0 radical (unpaired) electrons. The predicted octanol–water partition coefficient (Wildman–Crippen LogP) is 2.57. The molecule has 1 N–H and O–H groups in total. The molecule has 5 nitrogen and oxygen atoms in total. The van der Waals surface area contributed by atoms with Crippen LogP contribution in [0.15, 0.2) is 28.8 Å². The van der Waals surface area contributed by atoms with Crippen LogP contribution in [0.4, 0.5) is 0 Å². The average molecular weight is 307 g/mol. The standard InChI is InChI=1S/C15H19ClN4O/c1-10-8-20(11(2)7-17-10)9-14-18-15(21-19-14)12-5-3-4-6-13(12)16/h3-6,10-11,17H,7-9H2,1-2H3. The van der Waals surface area contributed by atoms with E-state index < -0.39 is 0 Å². The fraction of sp³-hybridized carbons (Fsp3) is 0.467. The van der Waals surface area contributed by atoms with Crippen molar-refractivity contribution in [1.29, 1.82) is 0 Å². The van der Waals surface area contributed by atoms with Gasteiger partial charge >= 0.3 is 0 Å². The van der Waals surface area contributed by atoms with E-state index in [4.69, 9.17) is 16.1 Å². The Morgan fingerprint density at radius 3 is 3.00 bits per heavy atom. The third-order valence-electron chi connectivity index (χ3n) is 3.81. The quantitative estimate of drug-likeness (QED) is 0.944. The van der Waals surface area contributed by atoms with E-state index in [0.717, 1.165) is 18.7 Å². The Labute approximate surface area is 129 Å². The molecule has 2 unspecified atom stereocenters. The molecule has 1 aromatic carbocycles. The Morgan fingerprint density at radius 1 is 1.38 bits per heavy atom. The van der Waals surface area contributed by atoms with E-state index in [1.807, 2.05) is 24.3 Å². The summed E-state index contributed by atoms with van der Waals surface area (Å²) in [6.07, 6.45) is 0. The second kappa shape index (κ2) is 6.13. The highest BCUT2D eigenvalue weighted by molar-refractivity contribution is 6.33. The third kappa shape index (κ3) is 3.26. The molecule has 2 atom stereocenters. The molecule has 0 spiro atoms. The van der Waals surface area contributed by atoms with Crippen molar-refractivity contribution in [2.24, 2.45) is 0 Å². The number of piperazine rings is 1. The van der Waals surface area contributed by atoms with Gasteiger partial charge in [0.25, 0.3) is 5.89 Å². The van der Waals surface area contributed by atoms with Crippen LogP contribution in [0, 0.1) is 0 Å². The maximum Gasteiger partial charge on any atom is 0.259 e. The van der Waals surface area contributed by atoms with Crippen molar-refractivity contribution >= 4 is 11.6 Å². The maximum atomic E-state index is 6.16. The Balaban J connectivity index is 1.75. The van der Waals surface area contributed by atoms with E-state index >= 15 is 0 Å². The number of rotatable bonds is 3. The van der Waals surface area contributed by atoms with Crippen molar-refractivity contribution in [2.75, 3.05) is 13.1 Å². The number of halogens is 1. The van der Waals surface area contributed by atoms with Gasteiger partial charge in [0.05, 0.1) is 17.1 Å². The lowest BCUT2D eigenvalue weighted by Gasteiger charge is -2.36. The second-order valence-corrected chi connectivity index (χ2v) is 5.99. The summed E-state index contributed by atoms with van der Waals surface area (Å²) in [6, 6.07) is 8.44. The molecule has 1 aromatic heterocycles. The summed E-state index contributed by atoms with van der Waals surface area (Å²) >= 11 is 6.16. The van der Waals surface area contributed by atoms with Gasteiger partial charge in [0.1, 0.15) is 0 Å². The fourth-order valence-electron chi connectivity index (χ4n) is 2.56. The van der Waals surface area contributed by atoms with Gasteiger partial charge in [-0.2, -0.15) is 4.98 Å². The van der Waals surface area contributed by atoms with Crippen LogP contribution in [0.5, 0.6) is 0 Å². The van der Waals surface area contributed by atoms with Gasteiger partial charge < -0.3 is 9.84 Å². The molecule has 112 valence electrons. The van der Waals surface area contributed by atoms with Crippen LogP contribution in [0.1, 0.15) is 19.7 Å². The first-order valence-corrected chi connectivity index (χ1v) is 7.56. The molecular formula is C15H19ClN4O. The largest absolute Gasteiger partial charge is 0.334 e. The molecule has 2 heterocycles. The molecule has 6 heteroatoms. The molecule has 21 heavy (non-hydrogen) atoms. The minimum absolute atomic E-state index is 0.462. The second-order valence-electron chi connectivity index (χ2n) is 5.58. The topological polar surface area (TPSA) is 54.2 Å². The van der Waals surface area contributed by atoms with E-state index in [9.17, 15) is 0 Å². The smallest absolute Gasteiger partial charge is 0.259 e. The van der Waals surface area contributed by atoms with Crippen molar-refractivity contribution < 1.29 is 4.52 Å². The number of nitrogens with one attached hydrogen (secondary N) is 1. The first kappa shape index (κ1) is 14.5. The van der Waals surface area contributed by atoms with Crippen molar-refractivity contribution in [1.82, 2.24) is 20.4 Å². The summed E-state index contributed by atoms with van der Waals surface area (Å²) in [5.41, 5.74) is 0.777. The summed E-state index contributed by atoms with van der Waals surface area (Å²) in [5.74, 6) is 1.18. The highest BCUT2D eigenvalue weighted by atomic mass is 35.5. The summed E-state index contributed by atoms with van der Waals surface area (Å²) < 4.78 is 5.35. The molecular weight excluding hydrogens is 288 g/mol. The normalized spacial score (nSPS) is 23.4. The van der Waals surface area contributed by atoms with Gasteiger partial charge in [-0.15, -0.1) is 0 Å². The van der Waals surface area contributed by atoms with Crippen LogP contribution in [0.2, 0.25) is 5.02 Å². The van der Waals surface area contributed by atoms with E-state index in [2.05, 4.69) is 34.2 Å². The molecule has 2 aromatic rings. The van der Waals surface area contributed by atoms with Gasteiger partial charge in [-0.1, -0.05) is 28.9 Å². The summed E-state index contributed by atoms with van der Waals surface area (Å²) in [5, 5.41) is 8.17. The van der Waals surface area contributed by atoms with Gasteiger partial charge in [0.2, 0.25) is 0 Å². The van der Waals surface area contributed by atoms with Crippen LogP contribution in [0.25, 0.3) is 11.5 Å². The van der Waals surface area contributed by atoms with Crippen molar-refractivity contribution in [3.8, 4) is 11.5 Å². The van der Waals surface area contributed by atoms with Crippen LogP contribution in [0.3, 0.4) is 0 Å². The summed E-state index contributed by atoms with van der Waals surface area (Å²) in [4.78, 5) is 6.83. The Bertz CT molecular complexity index is 615.